The molecule has 0 unspecified atom stereocenters. The fourth-order valence-electron chi connectivity index (χ4n) is 3.63. The number of pyridine rings is 2. The Hall–Kier alpha value is -5.04. The van der Waals surface area contributed by atoms with Crippen LogP contribution < -0.4 is 15.4 Å². The van der Waals surface area contributed by atoms with Gasteiger partial charge < -0.3 is 20.1 Å². The standard InChI is InChI=1S/C29H26FN5O4/c1-29(2,3)39-28(37)33-13-14-38-24-16-20(8-10-22(24)19-6-7-21(17-31)23(30)15-19)27(36)35-25-11-9-18-5-4-12-32-26(18)34-25/h4-12,15-16H,13-14H2,1-3H3,(H,33,37)(H,32,34,35,36). The number of aromatic nitrogens is 2. The van der Waals surface area contributed by atoms with Gasteiger partial charge in [0.05, 0.1) is 12.1 Å². The molecule has 39 heavy (non-hydrogen) atoms. The monoisotopic (exact) mass is 527 g/mol. The van der Waals surface area contributed by atoms with Gasteiger partial charge in [-0.25, -0.2) is 19.2 Å². The van der Waals surface area contributed by atoms with Crippen LogP contribution in [0.5, 0.6) is 5.75 Å². The number of hydrogen-bond donors (Lipinski definition) is 2. The average molecular weight is 528 g/mol. The number of carbonyl (C=O) groups is 2. The molecular formula is C29H26FN5O4. The molecule has 4 rings (SSSR count). The zero-order valence-electron chi connectivity index (χ0n) is 21.6. The smallest absolute Gasteiger partial charge is 0.407 e. The van der Waals surface area contributed by atoms with Crippen molar-refractivity contribution in [3.63, 3.8) is 0 Å². The molecule has 2 N–H and O–H groups in total. The van der Waals surface area contributed by atoms with Crippen LogP contribution >= 0.6 is 0 Å². The van der Waals surface area contributed by atoms with Gasteiger partial charge in [0.15, 0.2) is 5.65 Å². The van der Waals surface area contributed by atoms with E-state index >= 15 is 0 Å². The van der Waals surface area contributed by atoms with Crippen molar-refractivity contribution < 1.29 is 23.5 Å². The largest absolute Gasteiger partial charge is 0.491 e. The lowest BCUT2D eigenvalue weighted by Gasteiger charge is -2.20. The predicted molar refractivity (Wildman–Crippen MR) is 144 cm³/mol. The van der Waals surface area contributed by atoms with E-state index in [9.17, 15) is 14.0 Å². The summed E-state index contributed by atoms with van der Waals surface area (Å²) in [6.45, 7) is 5.44. The maximum absolute atomic E-state index is 14.4. The molecule has 0 radical (unpaired) electrons. The van der Waals surface area contributed by atoms with Crippen molar-refractivity contribution in [3.8, 4) is 22.9 Å². The second kappa shape index (κ2) is 11.6. The highest BCUT2D eigenvalue weighted by atomic mass is 19.1. The minimum atomic E-state index is -0.676. The number of alkyl carbamates (subject to hydrolysis) is 1. The molecule has 2 heterocycles. The highest BCUT2D eigenvalue weighted by Gasteiger charge is 2.17. The van der Waals surface area contributed by atoms with E-state index in [0.29, 0.717) is 22.6 Å². The number of hydrogen-bond acceptors (Lipinski definition) is 7. The van der Waals surface area contributed by atoms with Crippen molar-refractivity contribution >= 4 is 28.9 Å². The van der Waals surface area contributed by atoms with Crippen molar-refractivity contribution in [2.75, 3.05) is 18.5 Å². The number of ether oxygens (including phenoxy) is 2. The summed E-state index contributed by atoms with van der Waals surface area (Å²) in [6.07, 6.45) is 1.03. The highest BCUT2D eigenvalue weighted by molar-refractivity contribution is 6.04. The van der Waals surface area contributed by atoms with E-state index in [2.05, 4.69) is 20.6 Å². The third-order valence-electron chi connectivity index (χ3n) is 5.38. The summed E-state index contributed by atoms with van der Waals surface area (Å²) in [4.78, 5) is 33.5. The van der Waals surface area contributed by atoms with Gasteiger partial charge >= 0.3 is 6.09 Å². The van der Waals surface area contributed by atoms with Gasteiger partial charge in [-0.2, -0.15) is 5.26 Å². The topological polar surface area (TPSA) is 126 Å². The lowest BCUT2D eigenvalue weighted by Crippen LogP contribution is -2.34. The Labute approximate surface area is 224 Å². The molecule has 0 bridgehead atoms. The first kappa shape index (κ1) is 27.0. The number of anilines is 1. The average Bonchev–Trinajstić information content (AvgIpc) is 2.90. The number of nitrogens with one attached hydrogen (secondary N) is 2. The Morgan fingerprint density at radius 1 is 1.08 bits per heavy atom. The number of fused-ring (bicyclic) bond motifs is 1. The first-order valence-electron chi connectivity index (χ1n) is 12.1. The zero-order valence-corrected chi connectivity index (χ0v) is 21.6. The Morgan fingerprint density at radius 2 is 1.90 bits per heavy atom. The lowest BCUT2D eigenvalue weighted by atomic mass is 10.0. The summed E-state index contributed by atoms with van der Waals surface area (Å²) in [7, 11) is 0. The number of halogens is 1. The quantitative estimate of drug-likeness (QED) is 0.306. The van der Waals surface area contributed by atoms with Gasteiger partial charge in [0.25, 0.3) is 5.91 Å². The summed E-state index contributed by atoms with van der Waals surface area (Å²) in [5.41, 5.74) is 0.989. The molecule has 2 amide bonds. The second-order valence-corrected chi connectivity index (χ2v) is 9.50. The molecule has 0 aliphatic carbocycles. The molecule has 0 atom stereocenters. The van der Waals surface area contributed by atoms with E-state index in [1.807, 2.05) is 6.07 Å². The summed E-state index contributed by atoms with van der Waals surface area (Å²) in [5.74, 6) is -0.503. The molecule has 0 spiro atoms. The number of nitriles is 1. The summed E-state index contributed by atoms with van der Waals surface area (Å²) in [5, 5.41) is 15.2. The zero-order chi connectivity index (χ0) is 28.0. The Kier molecular flexibility index (Phi) is 8.01. The van der Waals surface area contributed by atoms with Crippen molar-refractivity contribution in [1.82, 2.24) is 15.3 Å². The molecule has 2 aromatic carbocycles. The van der Waals surface area contributed by atoms with Crippen LogP contribution in [0.15, 0.2) is 66.9 Å². The molecule has 0 aliphatic rings. The van der Waals surface area contributed by atoms with Gasteiger partial charge in [-0.05, 0) is 80.9 Å². The van der Waals surface area contributed by atoms with Crippen LogP contribution in [0.1, 0.15) is 36.7 Å². The SMILES string of the molecule is CC(C)(C)OC(=O)NCCOc1cc(C(=O)Nc2ccc3cccnc3n2)ccc1-c1ccc(C#N)c(F)c1. The highest BCUT2D eigenvalue weighted by Crippen LogP contribution is 2.32. The third kappa shape index (κ3) is 7.05. The fourth-order valence-corrected chi connectivity index (χ4v) is 3.63. The molecule has 0 aliphatic heterocycles. The molecule has 0 saturated carbocycles. The molecule has 0 saturated heterocycles. The van der Waals surface area contributed by atoms with Crippen LogP contribution in [0, 0.1) is 17.1 Å². The Morgan fingerprint density at radius 3 is 2.64 bits per heavy atom. The Bertz CT molecular complexity index is 1580. The van der Waals surface area contributed by atoms with Gasteiger partial charge in [0.2, 0.25) is 0 Å². The molecule has 10 heteroatoms. The Balaban J connectivity index is 1.56. The number of benzene rings is 2. The molecule has 9 nitrogen and oxygen atoms in total. The maximum Gasteiger partial charge on any atom is 0.407 e. The van der Waals surface area contributed by atoms with Crippen LogP contribution in [-0.2, 0) is 4.74 Å². The normalized spacial score (nSPS) is 10.9. The van der Waals surface area contributed by atoms with Gasteiger partial charge in [-0.3, -0.25) is 4.79 Å². The molecule has 2 aromatic heterocycles. The second-order valence-electron chi connectivity index (χ2n) is 9.50. The molecule has 198 valence electrons. The number of amides is 2. The van der Waals surface area contributed by atoms with Crippen LogP contribution in [0.4, 0.5) is 15.0 Å². The predicted octanol–water partition coefficient (Wildman–Crippen LogP) is 5.46. The van der Waals surface area contributed by atoms with E-state index < -0.39 is 23.4 Å². The first-order valence-corrected chi connectivity index (χ1v) is 12.1. The van der Waals surface area contributed by atoms with Crippen LogP contribution in [0.3, 0.4) is 0 Å². The lowest BCUT2D eigenvalue weighted by molar-refractivity contribution is 0.0520. The first-order chi connectivity index (χ1) is 18.6. The molecule has 0 fully saturated rings. The van der Waals surface area contributed by atoms with E-state index in [-0.39, 0.29) is 30.0 Å². The maximum atomic E-state index is 14.4. The van der Waals surface area contributed by atoms with Crippen LogP contribution in [0.25, 0.3) is 22.2 Å². The van der Waals surface area contributed by atoms with E-state index in [1.54, 1.807) is 69.4 Å². The molecule has 4 aromatic rings. The fraction of sp³-hybridized carbons (Fsp3) is 0.207. The minimum absolute atomic E-state index is 0.0496. The van der Waals surface area contributed by atoms with Gasteiger partial charge in [0, 0.05) is 22.7 Å². The van der Waals surface area contributed by atoms with Gasteiger partial charge in [-0.1, -0.05) is 6.07 Å². The van der Waals surface area contributed by atoms with Crippen molar-refractivity contribution in [3.05, 3.63) is 83.8 Å². The summed E-state index contributed by atoms with van der Waals surface area (Å²) in [6, 6.07) is 17.9. The minimum Gasteiger partial charge on any atom is -0.491 e. The third-order valence-corrected chi connectivity index (χ3v) is 5.38. The number of rotatable bonds is 7. The molecular weight excluding hydrogens is 501 g/mol. The van der Waals surface area contributed by atoms with Gasteiger partial charge in [0.1, 0.15) is 35.7 Å². The number of carbonyl (C=O) groups excluding carboxylic acids is 2. The van der Waals surface area contributed by atoms with E-state index in [0.717, 1.165) is 5.39 Å². The van der Waals surface area contributed by atoms with Gasteiger partial charge in [-0.15, -0.1) is 0 Å². The van der Waals surface area contributed by atoms with E-state index in [4.69, 9.17) is 14.7 Å². The van der Waals surface area contributed by atoms with Crippen LogP contribution in [-0.4, -0.2) is 40.7 Å². The van der Waals surface area contributed by atoms with Crippen molar-refractivity contribution in [2.24, 2.45) is 0 Å². The van der Waals surface area contributed by atoms with Crippen molar-refractivity contribution in [1.29, 1.82) is 5.26 Å². The van der Waals surface area contributed by atoms with Crippen LogP contribution in [0.2, 0.25) is 0 Å². The summed E-state index contributed by atoms with van der Waals surface area (Å²) >= 11 is 0. The van der Waals surface area contributed by atoms with Crippen molar-refractivity contribution in [2.45, 2.75) is 26.4 Å². The van der Waals surface area contributed by atoms with E-state index in [1.165, 1.54) is 18.2 Å². The summed E-state index contributed by atoms with van der Waals surface area (Å²) < 4.78 is 25.5. The number of nitrogens with zero attached hydrogens (tertiary/aromatic N) is 3.